The van der Waals surface area contributed by atoms with Crippen LogP contribution in [0.3, 0.4) is 0 Å². The second-order valence-electron chi connectivity index (χ2n) is 4.93. The molecule has 4 nitrogen and oxygen atoms in total. The summed E-state index contributed by atoms with van der Waals surface area (Å²) in [4.78, 5) is 23.0. The highest BCUT2D eigenvalue weighted by atomic mass is 16.5. The number of hydrogen-bond acceptors (Lipinski definition) is 4. The summed E-state index contributed by atoms with van der Waals surface area (Å²) < 4.78 is 10.3. The predicted octanol–water partition coefficient (Wildman–Crippen LogP) is 2.92. The molecule has 0 heterocycles. The number of rotatable bonds is 9. The van der Waals surface area contributed by atoms with E-state index in [-0.39, 0.29) is 30.6 Å². The molecule has 0 saturated carbocycles. The number of carbonyl (C=O) groups is 2. The van der Waals surface area contributed by atoms with Gasteiger partial charge in [-0.05, 0) is 5.56 Å². The van der Waals surface area contributed by atoms with Gasteiger partial charge in [-0.25, -0.2) is 0 Å². The third kappa shape index (κ3) is 6.36. The van der Waals surface area contributed by atoms with Crippen LogP contribution in [0, 0.1) is 5.92 Å². The monoisotopic (exact) mass is 290 g/mol. The van der Waals surface area contributed by atoms with Crippen molar-refractivity contribution in [1.29, 1.82) is 0 Å². The minimum Gasteiger partial charge on any atom is -0.469 e. The van der Waals surface area contributed by atoms with Crippen LogP contribution in [0.15, 0.2) is 43.0 Å². The lowest BCUT2D eigenvalue weighted by molar-refractivity contribution is -0.144. The van der Waals surface area contributed by atoms with Gasteiger partial charge in [0.2, 0.25) is 0 Å². The van der Waals surface area contributed by atoms with Crippen molar-refractivity contribution >= 4 is 11.8 Å². The molecule has 0 amide bonds. The molecule has 0 aromatic heterocycles. The van der Waals surface area contributed by atoms with E-state index >= 15 is 0 Å². The number of hydrogen-bond donors (Lipinski definition) is 0. The third-order valence-corrected chi connectivity index (χ3v) is 3.26. The first kappa shape index (κ1) is 17.1. The minimum atomic E-state index is -0.520. The first-order chi connectivity index (χ1) is 10.1. The fourth-order valence-electron chi connectivity index (χ4n) is 1.86. The van der Waals surface area contributed by atoms with E-state index < -0.39 is 5.97 Å². The number of benzene rings is 1. The highest BCUT2D eigenvalue weighted by Crippen LogP contribution is 2.16. The zero-order valence-electron chi connectivity index (χ0n) is 12.6. The van der Waals surface area contributed by atoms with Crippen LogP contribution in [0.25, 0.3) is 0 Å². The molecule has 1 aromatic rings. The lowest BCUT2D eigenvalue weighted by Crippen LogP contribution is -2.25. The molecule has 0 aliphatic carbocycles. The maximum Gasteiger partial charge on any atom is 0.313 e. The fourth-order valence-corrected chi connectivity index (χ4v) is 1.86. The summed E-state index contributed by atoms with van der Waals surface area (Å²) in [6.45, 7) is 6.10. The molecule has 0 unspecified atom stereocenters. The quantitative estimate of drug-likeness (QED) is 0.398. The summed E-state index contributed by atoms with van der Waals surface area (Å²) in [6.07, 6.45) is 1.42. The molecule has 0 radical (unpaired) electrons. The van der Waals surface area contributed by atoms with E-state index in [0.717, 1.165) is 5.56 Å². The van der Waals surface area contributed by atoms with Crippen molar-refractivity contribution in [2.75, 3.05) is 7.11 Å². The van der Waals surface area contributed by atoms with Gasteiger partial charge in [-0.1, -0.05) is 43.3 Å². The van der Waals surface area contributed by atoms with Crippen LogP contribution in [0.4, 0.5) is 0 Å². The topological polar surface area (TPSA) is 52.6 Å². The Balaban J connectivity index is 2.57. The average molecular weight is 290 g/mol. The van der Waals surface area contributed by atoms with Crippen molar-refractivity contribution in [2.45, 2.75) is 32.5 Å². The van der Waals surface area contributed by atoms with Gasteiger partial charge in [-0.2, -0.15) is 0 Å². The maximum atomic E-state index is 11.8. The van der Waals surface area contributed by atoms with Crippen molar-refractivity contribution in [2.24, 2.45) is 5.92 Å². The van der Waals surface area contributed by atoms with Gasteiger partial charge < -0.3 is 9.47 Å². The number of methoxy groups -OCH3 is 1. The molecule has 2 atom stereocenters. The number of Topliss-reactive ketones (excluding diaryl/α,β-unsaturated/α-hetero) is 1. The van der Waals surface area contributed by atoms with E-state index in [1.165, 1.54) is 7.11 Å². The van der Waals surface area contributed by atoms with Crippen molar-refractivity contribution in [3.8, 4) is 0 Å². The number of ether oxygens (including phenoxy) is 2. The van der Waals surface area contributed by atoms with Gasteiger partial charge in [-0.3, -0.25) is 9.59 Å². The molecule has 1 rings (SSSR count). The van der Waals surface area contributed by atoms with E-state index in [1.807, 2.05) is 37.3 Å². The van der Waals surface area contributed by atoms with E-state index in [1.54, 1.807) is 6.08 Å². The molecule has 0 fully saturated rings. The molecule has 0 N–H and O–H groups in total. The molecule has 21 heavy (non-hydrogen) atoms. The first-order valence-corrected chi connectivity index (χ1v) is 6.93. The Morgan fingerprint density at radius 1 is 1.29 bits per heavy atom. The summed E-state index contributed by atoms with van der Waals surface area (Å²) in [6, 6.07) is 9.74. The lowest BCUT2D eigenvalue weighted by atomic mass is 9.98. The number of esters is 1. The summed E-state index contributed by atoms with van der Waals surface area (Å²) >= 11 is 0. The second-order valence-corrected chi connectivity index (χ2v) is 4.93. The van der Waals surface area contributed by atoms with Crippen molar-refractivity contribution in [1.82, 2.24) is 0 Å². The minimum absolute atomic E-state index is 0.0234. The summed E-state index contributed by atoms with van der Waals surface area (Å²) in [5.74, 6) is -0.683. The molecule has 0 aliphatic rings. The molecule has 0 saturated heterocycles. The van der Waals surface area contributed by atoms with Crippen LogP contribution in [0.5, 0.6) is 0 Å². The van der Waals surface area contributed by atoms with Crippen molar-refractivity contribution in [3.05, 3.63) is 48.6 Å². The normalized spacial score (nSPS) is 13.2. The maximum absolute atomic E-state index is 11.8. The zero-order valence-corrected chi connectivity index (χ0v) is 12.6. The lowest BCUT2D eigenvalue weighted by Gasteiger charge is -2.21. The molecule has 4 heteroatoms. The number of ketones is 1. The zero-order chi connectivity index (χ0) is 15.7. The van der Waals surface area contributed by atoms with E-state index in [0.29, 0.717) is 6.61 Å². The van der Waals surface area contributed by atoms with Gasteiger partial charge in [0, 0.05) is 12.3 Å². The largest absolute Gasteiger partial charge is 0.469 e. The van der Waals surface area contributed by atoms with E-state index in [2.05, 4.69) is 11.3 Å². The Kier molecular flexibility index (Phi) is 7.40. The third-order valence-electron chi connectivity index (χ3n) is 3.26. The Labute approximate surface area is 125 Å². The van der Waals surface area contributed by atoms with Crippen LogP contribution >= 0.6 is 0 Å². The Hall–Kier alpha value is -1.94. The smallest absolute Gasteiger partial charge is 0.313 e. The highest BCUT2D eigenvalue weighted by molar-refractivity contribution is 5.95. The van der Waals surface area contributed by atoms with Crippen LogP contribution in [0.2, 0.25) is 0 Å². The number of carbonyl (C=O) groups excluding carboxylic acids is 2. The van der Waals surface area contributed by atoms with Crippen LogP contribution < -0.4 is 0 Å². The summed E-state index contributed by atoms with van der Waals surface area (Å²) in [5.41, 5.74) is 1.04. The molecule has 1 aromatic carbocycles. The Bertz CT molecular complexity index is 467. The van der Waals surface area contributed by atoms with Crippen LogP contribution in [0.1, 0.15) is 25.3 Å². The Morgan fingerprint density at radius 3 is 2.52 bits per heavy atom. The standard InChI is InChI=1S/C17H22O4/c1-4-13(2)16(10-15(18)11-17(19)20-3)21-12-14-8-6-5-7-9-14/h4-9,13,16H,1,10-12H2,2-3H3/t13-,16-/m0/s1. The second kappa shape index (κ2) is 9.08. The molecule has 0 spiro atoms. The van der Waals surface area contributed by atoms with Gasteiger partial charge in [0.1, 0.15) is 12.2 Å². The van der Waals surface area contributed by atoms with E-state index in [9.17, 15) is 9.59 Å². The van der Waals surface area contributed by atoms with Crippen molar-refractivity contribution < 1.29 is 19.1 Å². The molecule has 0 aliphatic heterocycles. The van der Waals surface area contributed by atoms with Crippen LogP contribution in [-0.4, -0.2) is 25.0 Å². The van der Waals surface area contributed by atoms with Gasteiger partial charge in [0.15, 0.2) is 0 Å². The average Bonchev–Trinajstić information content (AvgIpc) is 2.51. The predicted molar refractivity (Wildman–Crippen MR) is 80.6 cm³/mol. The SMILES string of the molecule is C=C[C@H](C)[C@H](CC(=O)CC(=O)OC)OCc1ccccc1. The summed E-state index contributed by atoms with van der Waals surface area (Å²) in [7, 11) is 1.27. The van der Waals surface area contributed by atoms with Gasteiger partial charge in [0.05, 0.1) is 19.8 Å². The summed E-state index contributed by atoms with van der Waals surface area (Å²) in [5, 5.41) is 0. The molecular formula is C17H22O4. The fraction of sp³-hybridized carbons (Fsp3) is 0.412. The van der Waals surface area contributed by atoms with Crippen molar-refractivity contribution in [3.63, 3.8) is 0 Å². The van der Waals surface area contributed by atoms with Gasteiger partial charge in [0.25, 0.3) is 0 Å². The van der Waals surface area contributed by atoms with Gasteiger partial charge >= 0.3 is 5.97 Å². The molecular weight excluding hydrogens is 268 g/mol. The molecule has 114 valence electrons. The van der Waals surface area contributed by atoms with Gasteiger partial charge in [-0.15, -0.1) is 6.58 Å². The molecule has 0 bridgehead atoms. The highest BCUT2D eigenvalue weighted by Gasteiger charge is 2.21. The Morgan fingerprint density at radius 2 is 1.95 bits per heavy atom. The van der Waals surface area contributed by atoms with E-state index in [4.69, 9.17) is 4.74 Å². The first-order valence-electron chi connectivity index (χ1n) is 6.93. The van der Waals surface area contributed by atoms with Crippen LogP contribution in [-0.2, 0) is 25.7 Å².